The number of hydrogen-bond acceptors (Lipinski definition) is 2. The van der Waals surface area contributed by atoms with Crippen molar-refractivity contribution in [1.29, 1.82) is 0 Å². The van der Waals surface area contributed by atoms with Gasteiger partial charge in [-0.1, -0.05) is 66.7 Å². The van der Waals surface area contributed by atoms with Crippen LogP contribution in [0.1, 0.15) is 16.7 Å². The van der Waals surface area contributed by atoms with Crippen molar-refractivity contribution in [2.75, 3.05) is 0 Å². The van der Waals surface area contributed by atoms with Crippen LogP contribution in [0.25, 0.3) is 16.8 Å². The summed E-state index contributed by atoms with van der Waals surface area (Å²) in [4.78, 5) is 12.2. The molecule has 28 heavy (non-hydrogen) atoms. The molecule has 1 heterocycles. The monoisotopic (exact) mass is 367 g/mol. The van der Waals surface area contributed by atoms with Crippen molar-refractivity contribution in [3.05, 3.63) is 108 Å². The lowest BCUT2D eigenvalue weighted by atomic mass is 10.0. The highest BCUT2D eigenvalue weighted by Gasteiger charge is 2.01. The van der Waals surface area contributed by atoms with Gasteiger partial charge in [0.05, 0.1) is 6.54 Å². The largest absolute Gasteiger partial charge is 0.348 e. The SMILES string of the molecule is O=C(/C=C/c1cccc2ccccc12)NCc1ccc(Cn2cccn2)cc1. The third-order valence-corrected chi connectivity index (χ3v) is 4.63. The molecule has 1 N–H and O–H groups in total. The van der Waals surface area contributed by atoms with E-state index in [1.807, 2.05) is 59.4 Å². The second-order valence-corrected chi connectivity index (χ2v) is 6.64. The number of nitrogens with one attached hydrogen (secondary N) is 1. The predicted molar refractivity (Wildman–Crippen MR) is 113 cm³/mol. The molecule has 1 amide bonds. The zero-order valence-electron chi connectivity index (χ0n) is 15.5. The third-order valence-electron chi connectivity index (χ3n) is 4.63. The zero-order valence-corrected chi connectivity index (χ0v) is 15.5. The van der Waals surface area contributed by atoms with Gasteiger partial charge in [0.15, 0.2) is 0 Å². The van der Waals surface area contributed by atoms with Crippen LogP contribution in [0.3, 0.4) is 0 Å². The maximum Gasteiger partial charge on any atom is 0.244 e. The van der Waals surface area contributed by atoms with Crippen molar-refractivity contribution >= 4 is 22.8 Å². The number of amides is 1. The molecular weight excluding hydrogens is 346 g/mol. The van der Waals surface area contributed by atoms with Crippen LogP contribution < -0.4 is 5.32 Å². The summed E-state index contributed by atoms with van der Waals surface area (Å²) in [5.41, 5.74) is 3.28. The van der Waals surface area contributed by atoms with Gasteiger partial charge in [-0.3, -0.25) is 9.48 Å². The summed E-state index contributed by atoms with van der Waals surface area (Å²) in [6.45, 7) is 1.24. The van der Waals surface area contributed by atoms with Crippen molar-refractivity contribution in [2.24, 2.45) is 0 Å². The lowest BCUT2D eigenvalue weighted by Crippen LogP contribution is -2.20. The first-order chi connectivity index (χ1) is 13.8. The van der Waals surface area contributed by atoms with Gasteiger partial charge >= 0.3 is 0 Å². The van der Waals surface area contributed by atoms with Crippen molar-refractivity contribution in [3.63, 3.8) is 0 Å². The highest BCUT2D eigenvalue weighted by atomic mass is 16.1. The van der Waals surface area contributed by atoms with E-state index in [4.69, 9.17) is 0 Å². The molecule has 0 fully saturated rings. The zero-order chi connectivity index (χ0) is 19.2. The Bertz CT molecular complexity index is 1090. The first-order valence-corrected chi connectivity index (χ1v) is 9.27. The number of carbonyl (C=O) groups excluding carboxylic acids is 1. The number of hydrogen-bond donors (Lipinski definition) is 1. The van der Waals surface area contributed by atoms with Crippen LogP contribution in [0.2, 0.25) is 0 Å². The number of nitrogens with zero attached hydrogens (tertiary/aromatic N) is 2. The van der Waals surface area contributed by atoms with Crippen molar-refractivity contribution in [1.82, 2.24) is 15.1 Å². The molecule has 0 unspecified atom stereocenters. The molecule has 0 aliphatic carbocycles. The quantitative estimate of drug-likeness (QED) is 0.513. The topological polar surface area (TPSA) is 46.9 Å². The van der Waals surface area contributed by atoms with Crippen LogP contribution in [0.4, 0.5) is 0 Å². The number of aromatic nitrogens is 2. The smallest absolute Gasteiger partial charge is 0.244 e. The summed E-state index contributed by atoms with van der Waals surface area (Å²) < 4.78 is 1.88. The average Bonchev–Trinajstić information content (AvgIpc) is 3.25. The Balaban J connectivity index is 1.34. The van der Waals surface area contributed by atoms with E-state index in [2.05, 4.69) is 40.7 Å². The number of fused-ring (bicyclic) bond motifs is 1. The third kappa shape index (κ3) is 4.35. The Kier molecular flexibility index (Phi) is 5.29. The van der Waals surface area contributed by atoms with E-state index < -0.39 is 0 Å². The Morgan fingerprint density at radius 1 is 0.929 bits per heavy atom. The number of benzene rings is 3. The van der Waals surface area contributed by atoms with Gasteiger partial charge in [-0.25, -0.2) is 0 Å². The van der Waals surface area contributed by atoms with Crippen LogP contribution in [0.5, 0.6) is 0 Å². The summed E-state index contributed by atoms with van der Waals surface area (Å²) in [7, 11) is 0. The predicted octanol–water partition coefficient (Wildman–Crippen LogP) is 4.41. The van der Waals surface area contributed by atoms with E-state index in [0.717, 1.165) is 23.1 Å². The van der Waals surface area contributed by atoms with Crippen LogP contribution in [-0.4, -0.2) is 15.7 Å². The normalized spacial score (nSPS) is 11.1. The molecule has 4 aromatic rings. The lowest BCUT2D eigenvalue weighted by molar-refractivity contribution is -0.116. The summed E-state index contributed by atoms with van der Waals surface area (Å²) >= 11 is 0. The van der Waals surface area contributed by atoms with Gasteiger partial charge in [0.25, 0.3) is 0 Å². The molecule has 4 rings (SSSR count). The first kappa shape index (κ1) is 17.7. The summed E-state index contributed by atoms with van der Waals surface area (Å²) in [5, 5.41) is 9.46. The van der Waals surface area contributed by atoms with Crippen LogP contribution >= 0.6 is 0 Å². The molecule has 0 aliphatic heterocycles. The Morgan fingerprint density at radius 2 is 1.71 bits per heavy atom. The molecule has 0 saturated heterocycles. The summed E-state index contributed by atoms with van der Waals surface area (Å²) in [6.07, 6.45) is 7.17. The van der Waals surface area contributed by atoms with Crippen LogP contribution in [0, 0.1) is 0 Å². The summed E-state index contributed by atoms with van der Waals surface area (Å²) in [6, 6.07) is 24.4. The minimum Gasteiger partial charge on any atom is -0.348 e. The molecule has 0 spiro atoms. The molecular formula is C24H21N3O. The van der Waals surface area contributed by atoms with E-state index in [9.17, 15) is 4.79 Å². The van der Waals surface area contributed by atoms with E-state index in [-0.39, 0.29) is 5.91 Å². The molecule has 4 heteroatoms. The van der Waals surface area contributed by atoms with E-state index in [1.54, 1.807) is 12.3 Å². The van der Waals surface area contributed by atoms with E-state index >= 15 is 0 Å². The molecule has 0 saturated carbocycles. The van der Waals surface area contributed by atoms with E-state index in [0.29, 0.717) is 6.54 Å². The highest BCUT2D eigenvalue weighted by molar-refractivity contribution is 5.96. The highest BCUT2D eigenvalue weighted by Crippen LogP contribution is 2.19. The van der Waals surface area contributed by atoms with Gasteiger partial charge in [-0.05, 0) is 39.6 Å². The minimum absolute atomic E-state index is 0.103. The molecule has 4 nitrogen and oxygen atoms in total. The number of carbonyl (C=O) groups is 1. The maximum atomic E-state index is 12.2. The second kappa shape index (κ2) is 8.35. The Labute approximate surface area is 164 Å². The fraction of sp³-hybridized carbons (Fsp3) is 0.0833. The van der Waals surface area contributed by atoms with Gasteiger partial charge in [0.1, 0.15) is 0 Å². The lowest BCUT2D eigenvalue weighted by Gasteiger charge is -2.06. The standard InChI is InChI=1S/C24H21N3O/c28-24(14-13-22-7-3-6-21-5-1-2-8-23(21)22)25-17-19-9-11-20(12-10-19)18-27-16-4-15-26-27/h1-16H,17-18H2,(H,25,28)/b14-13+. The van der Waals surface area contributed by atoms with Gasteiger partial charge < -0.3 is 5.32 Å². The summed E-state index contributed by atoms with van der Waals surface area (Å²) in [5.74, 6) is -0.103. The van der Waals surface area contributed by atoms with Gasteiger partial charge in [-0.2, -0.15) is 5.10 Å². The average molecular weight is 367 g/mol. The van der Waals surface area contributed by atoms with Crippen LogP contribution in [0.15, 0.2) is 91.3 Å². The molecule has 0 bridgehead atoms. The van der Waals surface area contributed by atoms with Crippen molar-refractivity contribution in [3.8, 4) is 0 Å². The second-order valence-electron chi connectivity index (χ2n) is 6.64. The molecule has 1 aromatic heterocycles. The van der Waals surface area contributed by atoms with Crippen LogP contribution in [-0.2, 0) is 17.9 Å². The molecule has 0 aliphatic rings. The van der Waals surface area contributed by atoms with Gasteiger partial charge in [-0.15, -0.1) is 0 Å². The first-order valence-electron chi connectivity index (χ1n) is 9.27. The maximum absolute atomic E-state index is 12.2. The number of rotatable bonds is 6. The van der Waals surface area contributed by atoms with E-state index in [1.165, 1.54) is 10.9 Å². The van der Waals surface area contributed by atoms with Gasteiger partial charge in [0.2, 0.25) is 5.91 Å². The fourth-order valence-corrected chi connectivity index (χ4v) is 3.15. The Morgan fingerprint density at radius 3 is 2.54 bits per heavy atom. The minimum atomic E-state index is -0.103. The molecule has 3 aromatic carbocycles. The molecule has 0 radical (unpaired) electrons. The van der Waals surface area contributed by atoms with Gasteiger partial charge in [0, 0.05) is 25.0 Å². The van der Waals surface area contributed by atoms with Crippen molar-refractivity contribution < 1.29 is 4.79 Å². The molecule has 138 valence electrons. The van der Waals surface area contributed by atoms with Crippen molar-refractivity contribution in [2.45, 2.75) is 13.1 Å². The fourth-order valence-electron chi connectivity index (χ4n) is 3.15. The molecule has 0 atom stereocenters. The Hall–Kier alpha value is -3.66.